The van der Waals surface area contributed by atoms with E-state index < -0.39 is 12.0 Å². The van der Waals surface area contributed by atoms with E-state index in [0.717, 1.165) is 5.56 Å². The van der Waals surface area contributed by atoms with Gasteiger partial charge in [-0.1, -0.05) is 49.4 Å². The average molecular weight is 295 g/mol. The van der Waals surface area contributed by atoms with Crippen LogP contribution in [0.5, 0.6) is 0 Å². The number of carbonyl (C=O) groups is 1. The van der Waals surface area contributed by atoms with E-state index >= 15 is 0 Å². The predicted molar refractivity (Wildman–Crippen MR) is 74.4 cm³/mol. The molecule has 1 aromatic carbocycles. The fourth-order valence-electron chi connectivity index (χ4n) is 2.41. The van der Waals surface area contributed by atoms with Crippen LogP contribution in [0.25, 0.3) is 0 Å². The molecule has 0 spiro atoms. The first-order valence-electron chi connectivity index (χ1n) is 6.73. The molecule has 1 aliphatic rings. The second kappa shape index (κ2) is 6.16. The summed E-state index contributed by atoms with van der Waals surface area (Å²) in [7, 11) is 0. The normalized spacial score (nSPS) is 15.5. The second-order valence-electron chi connectivity index (χ2n) is 4.81. The van der Waals surface area contributed by atoms with Gasteiger partial charge in [0.1, 0.15) is 0 Å². The highest BCUT2D eigenvalue weighted by molar-refractivity contribution is 6.02. The van der Waals surface area contributed by atoms with E-state index in [1.807, 2.05) is 35.2 Å². The van der Waals surface area contributed by atoms with E-state index in [0.29, 0.717) is 25.2 Å². The summed E-state index contributed by atoms with van der Waals surface area (Å²) in [5, 5.41) is 0. The monoisotopic (exact) mass is 295 g/mol. The Morgan fingerprint density at radius 2 is 1.90 bits per heavy atom. The maximum atomic E-state index is 12.7. The molecule has 112 valence electrons. The van der Waals surface area contributed by atoms with Crippen LogP contribution in [0, 0.1) is 0 Å². The number of rotatable bonds is 4. The smallest absolute Gasteiger partial charge is 0.366 e. The highest BCUT2D eigenvalue weighted by Gasteiger charge is 2.41. The number of carbonyl (C=O) groups excluding carboxylic acids is 1. The first-order chi connectivity index (χ1) is 9.93. The van der Waals surface area contributed by atoms with Gasteiger partial charge in [-0.2, -0.15) is 13.2 Å². The molecule has 5 heteroatoms. The van der Waals surface area contributed by atoms with Crippen LogP contribution in [-0.2, 0) is 11.3 Å². The number of hydrogen-bond donors (Lipinski definition) is 0. The summed E-state index contributed by atoms with van der Waals surface area (Å²) in [4.78, 5) is 13.3. The molecule has 0 radical (unpaired) electrons. The van der Waals surface area contributed by atoms with Crippen LogP contribution in [0.4, 0.5) is 13.2 Å². The molecule has 0 saturated heterocycles. The van der Waals surface area contributed by atoms with Gasteiger partial charge in [-0.25, -0.2) is 0 Å². The summed E-state index contributed by atoms with van der Waals surface area (Å²) < 4.78 is 38.0. The lowest BCUT2D eigenvalue weighted by Gasteiger charge is -2.30. The van der Waals surface area contributed by atoms with Crippen molar-refractivity contribution in [2.45, 2.75) is 26.1 Å². The third-order valence-corrected chi connectivity index (χ3v) is 3.36. The maximum Gasteiger partial charge on any atom is 0.454 e. The third kappa shape index (κ3) is 3.54. The molecule has 1 aromatic rings. The largest absolute Gasteiger partial charge is 0.454 e. The quantitative estimate of drug-likeness (QED) is 0.841. The molecular weight excluding hydrogens is 279 g/mol. The van der Waals surface area contributed by atoms with Crippen LogP contribution >= 0.6 is 0 Å². The molecule has 0 fully saturated rings. The molecule has 0 amide bonds. The van der Waals surface area contributed by atoms with Gasteiger partial charge >= 0.3 is 6.18 Å². The van der Waals surface area contributed by atoms with Crippen molar-refractivity contribution in [1.82, 2.24) is 4.90 Å². The summed E-state index contributed by atoms with van der Waals surface area (Å²) in [6, 6.07) is 9.47. The van der Waals surface area contributed by atoms with Crippen molar-refractivity contribution in [3.63, 3.8) is 0 Å². The minimum atomic E-state index is -4.84. The zero-order valence-electron chi connectivity index (χ0n) is 11.7. The van der Waals surface area contributed by atoms with Crippen molar-refractivity contribution in [3.8, 4) is 0 Å². The lowest BCUT2D eigenvalue weighted by molar-refractivity contribution is -0.166. The number of allylic oxidation sites excluding steroid dienone is 3. The Labute approximate surface area is 121 Å². The standard InChI is InChI=1S/C16H16F3NO/c1-2-14-13(15(21)16(17,18)19)9-6-10-20(14)11-12-7-4-3-5-8-12/h3-9H,2,10-11H2,1H3. The molecule has 1 heterocycles. The summed E-state index contributed by atoms with van der Waals surface area (Å²) in [5.74, 6) is -1.77. The molecule has 0 saturated carbocycles. The maximum absolute atomic E-state index is 12.7. The minimum absolute atomic E-state index is 0.243. The van der Waals surface area contributed by atoms with Crippen LogP contribution in [-0.4, -0.2) is 23.4 Å². The number of halogens is 3. The fraction of sp³-hybridized carbons (Fsp3) is 0.312. The number of Topliss-reactive ketones (excluding diaryl/α,β-unsaturated/α-hetero) is 1. The minimum Gasteiger partial charge on any atom is -0.366 e. The molecule has 21 heavy (non-hydrogen) atoms. The number of benzene rings is 1. The van der Waals surface area contributed by atoms with E-state index in [-0.39, 0.29) is 5.57 Å². The molecule has 0 N–H and O–H groups in total. The van der Waals surface area contributed by atoms with Crippen LogP contribution in [0.2, 0.25) is 0 Å². The number of hydrogen-bond acceptors (Lipinski definition) is 2. The van der Waals surface area contributed by atoms with Crippen molar-refractivity contribution >= 4 is 5.78 Å². The van der Waals surface area contributed by atoms with E-state index in [1.54, 1.807) is 13.0 Å². The predicted octanol–water partition coefficient (Wildman–Crippen LogP) is 3.85. The average Bonchev–Trinajstić information content (AvgIpc) is 2.46. The van der Waals surface area contributed by atoms with Gasteiger partial charge in [0.2, 0.25) is 0 Å². The Balaban J connectivity index is 2.30. The van der Waals surface area contributed by atoms with Gasteiger partial charge < -0.3 is 4.90 Å². The van der Waals surface area contributed by atoms with Gasteiger partial charge in [0.05, 0.1) is 0 Å². The van der Waals surface area contributed by atoms with Crippen LogP contribution < -0.4 is 0 Å². The summed E-state index contributed by atoms with van der Waals surface area (Å²) >= 11 is 0. The van der Waals surface area contributed by atoms with Crippen molar-refractivity contribution in [1.29, 1.82) is 0 Å². The van der Waals surface area contributed by atoms with Gasteiger partial charge in [0.25, 0.3) is 5.78 Å². The molecular formula is C16H16F3NO. The molecule has 0 bridgehead atoms. The van der Waals surface area contributed by atoms with Crippen LogP contribution in [0.3, 0.4) is 0 Å². The lowest BCUT2D eigenvalue weighted by Crippen LogP contribution is -2.32. The van der Waals surface area contributed by atoms with Gasteiger partial charge in [-0.05, 0) is 12.0 Å². The van der Waals surface area contributed by atoms with Crippen molar-refractivity contribution < 1.29 is 18.0 Å². The Bertz CT molecular complexity index is 573. The zero-order chi connectivity index (χ0) is 15.5. The molecule has 0 unspecified atom stereocenters. The zero-order valence-corrected chi connectivity index (χ0v) is 11.7. The highest BCUT2D eigenvalue weighted by atomic mass is 19.4. The van der Waals surface area contributed by atoms with E-state index in [4.69, 9.17) is 0 Å². The SMILES string of the molecule is CCC1=C(C(=O)C(F)(F)F)C=CCN1Cc1ccccc1. The van der Waals surface area contributed by atoms with Crippen LogP contribution in [0.1, 0.15) is 18.9 Å². The Kier molecular flexibility index (Phi) is 4.50. The first kappa shape index (κ1) is 15.4. The second-order valence-corrected chi connectivity index (χ2v) is 4.81. The Morgan fingerprint density at radius 3 is 2.48 bits per heavy atom. The van der Waals surface area contributed by atoms with Gasteiger partial charge in [0, 0.05) is 24.4 Å². The first-order valence-corrected chi connectivity index (χ1v) is 6.73. The van der Waals surface area contributed by atoms with Gasteiger partial charge in [0.15, 0.2) is 0 Å². The summed E-state index contributed by atoms with van der Waals surface area (Å²) in [5.41, 5.74) is 1.20. The van der Waals surface area contributed by atoms with E-state index in [9.17, 15) is 18.0 Å². The van der Waals surface area contributed by atoms with Crippen molar-refractivity contribution in [2.75, 3.05) is 6.54 Å². The lowest BCUT2D eigenvalue weighted by atomic mass is 10.0. The van der Waals surface area contributed by atoms with E-state index in [2.05, 4.69) is 0 Å². The molecule has 0 aromatic heterocycles. The third-order valence-electron chi connectivity index (χ3n) is 3.36. The number of nitrogens with zero attached hydrogens (tertiary/aromatic N) is 1. The summed E-state index contributed by atoms with van der Waals surface area (Å²) in [6.07, 6.45) is -1.57. The number of alkyl halides is 3. The molecule has 2 nitrogen and oxygen atoms in total. The summed E-state index contributed by atoms with van der Waals surface area (Å²) in [6.45, 7) is 2.76. The Morgan fingerprint density at radius 1 is 1.24 bits per heavy atom. The Hall–Kier alpha value is -2.04. The molecule has 0 atom stereocenters. The molecule has 1 aliphatic heterocycles. The van der Waals surface area contributed by atoms with Gasteiger partial charge in [-0.3, -0.25) is 4.79 Å². The van der Waals surface area contributed by atoms with Crippen molar-refractivity contribution in [3.05, 3.63) is 59.3 Å². The molecule has 2 rings (SSSR count). The van der Waals surface area contributed by atoms with Crippen LogP contribution in [0.15, 0.2) is 53.8 Å². The molecule has 0 aliphatic carbocycles. The number of ketones is 1. The fourth-order valence-corrected chi connectivity index (χ4v) is 2.41. The highest BCUT2D eigenvalue weighted by Crippen LogP contribution is 2.29. The van der Waals surface area contributed by atoms with E-state index in [1.165, 1.54) is 6.08 Å². The topological polar surface area (TPSA) is 20.3 Å². The van der Waals surface area contributed by atoms with Gasteiger partial charge in [-0.15, -0.1) is 0 Å². The van der Waals surface area contributed by atoms with Crippen molar-refractivity contribution in [2.24, 2.45) is 0 Å².